The highest BCUT2D eigenvalue weighted by Crippen LogP contribution is 2.45. The van der Waals surface area contributed by atoms with Crippen LogP contribution in [0.25, 0.3) is 6.08 Å². The third kappa shape index (κ3) is 7.22. The molecule has 0 radical (unpaired) electrons. The molecular weight excluding hydrogens is 556 g/mol. The Morgan fingerprint density at radius 3 is 1.88 bits per heavy atom. The quantitative estimate of drug-likeness (QED) is 0.270. The number of aliphatic hydroxyl groups is 1. The minimum absolute atomic E-state index is 0.0807. The van der Waals surface area contributed by atoms with Gasteiger partial charge in [0.05, 0.1) is 0 Å². The Balaban J connectivity index is 2.38. The third-order valence-corrected chi connectivity index (χ3v) is 7.23. The van der Waals surface area contributed by atoms with Crippen molar-refractivity contribution in [3.63, 3.8) is 0 Å². The predicted molar refractivity (Wildman–Crippen MR) is 141 cm³/mol. The van der Waals surface area contributed by atoms with Gasteiger partial charge in [0.1, 0.15) is 11.8 Å². The SMILES string of the molecule is CCC(CC)(c1ccc(C=CC(O)(C(F)(F)F)C(F)(F)F)c(C)c1)c1ccc(OCC(=O)N[C@H](C)C(=O)O)c(C)c1. The number of ether oxygens (including phenoxy) is 1. The van der Waals surface area contributed by atoms with Crippen molar-refractivity contribution < 1.29 is 50.9 Å². The van der Waals surface area contributed by atoms with Gasteiger partial charge in [0.25, 0.3) is 11.5 Å². The number of benzene rings is 2. The molecule has 1 atom stereocenters. The first-order valence-corrected chi connectivity index (χ1v) is 12.7. The van der Waals surface area contributed by atoms with Gasteiger partial charge in [-0.25, -0.2) is 0 Å². The number of alkyl halides is 6. The Morgan fingerprint density at radius 1 is 0.927 bits per heavy atom. The van der Waals surface area contributed by atoms with Crippen molar-refractivity contribution in [1.82, 2.24) is 5.32 Å². The molecule has 3 N–H and O–H groups in total. The fourth-order valence-electron chi connectivity index (χ4n) is 4.55. The van der Waals surface area contributed by atoms with Gasteiger partial charge in [-0.05, 0) is 73.6 Å². The van der Waals surface area contributed by atoms with Crippen molar-refractivity contribution >= 4 is 18.0 Å². The highest BCUT2D eigenvalue weighted by molar-refractivity contribution is 5.84. The number of nitrogens with one attached hydrogen (secondary N) is 1. The summed E-state index contributed by atoms with van der Waals surface area (Å²) in [5.41, 5.74) is -2.70. The maximum atomic E-state index is 13.1. The van der Waals surface area contributed by atoms with Crippen LogP contribution in [0.1, 0.15) is 61.4 Å². The largest absolute Gasteiger partial charge is 0.484 e. The van der Waals surface area contributed by atoms with E-state index in [2.05, 4.69) is 5.32 Å². The van der Waals surface area contributed by atoms with Gasteiger partial charge in [-0.15, -0.1) is 0 Å². The van der Waals surface area contributed by atoms with Crippen molar-refractivity contribution in [3.8, 4) is 5.75 Å². The van der Waals surface area contributed by atoms with Crippen LogP contribution in [0.2, 0.25) is 0 Å². The molecule has 2 aromatic carbocycles. The van der Waals surface area contributed by atoms with E-state index in [1.165, 1.54) is 13.0 Å². The van der Waals surface area contributed by atoms with E-state index in [1.807, 2.05) is 26.0 Å². The van der Waals surface area contributed by atoms with Crippen LogP contribution in [0.4, 0.5) is 26.3 Å². The second-order valence-corrected chi connectivity index (χ2v) is 9.85. The molecule has 0 saturated heterocycles. The van der Waals surface area contributed by atoms with E-state index in [0.717, 1.165) is 11.1 Å². The van der Waals surface area contributed by atoms with E-state index in [1.54, 1.807) is 32.0 Å². The molecule has 0 fully saturated rings. The number of carbonyl (C=O) groups excluding carboxylic acids is 1. The van der Waals surface area contributed by atoms with Crippen LogP contribution in [0.5, 0.6) is 5.75 Å². The summed E-state index contributed by atoms with van der Waals surface area (Å²) in [4.78, 5) is 22.9. The molecule has 2 rings (SSSR count). The number of carboxylic acid groups (broad SMARTS) is 1. The van der Waals surface area contributed by atoms with Crippen molar-refractivity contribution in [1.29, 1.82) is 0 Å². The summed E-state index contributed by atoms with van der Waals surface area (Å²) in [5.74, 6) is -1.38. The zero-order valence-electron chi connectivity index (χ0n) is 23.2. The maximum absolute atomic E-state index is 13.1. The van der Waals surface area contributed by atoms with E-state index in [0.29, 0.717) is 35.8 Å². The zero-order valence-corrected chi connectivity index (χ0v) is 23.2. The van der Waals surface area contributed by atoms with E-state index in [-0.39, 0.29) is 11.6 Å². The van der Waals surface area contributed by atoms with Gasteiger partial charge in [0.2, 0.25) is 0 Å². The minimum Gasteiger partial charge on any atom is -0.484 e. The van der Waals surface area contributed by atoms with Crippen LogP contribution < -0.4 is 10.1 Å². The predicted octanol–water partition coefficient (Wildman–Crippen LogP) is 6.25. The lowest BCUT2D eigenvalue weighted by Crippen LogP contribution is -2.55. The number of aryl methyl sites for hydroxylation is 2. The molecular formula is C29H33F6NO5. The zero-order chi connectivity index (χ0) is 31.4. The monoisotopic (exact) mass is 589 g/mol. The second-order valence-electron chi connectivity index (χ2n) is 9.85. The standard InChI is InChI=1S/C29H33F6NO5/c1-6-26(7-2,22-10-11-23(18(4)15-22)41-16-24(37)36-19(5)25(38)39)21-9-8-20(17(3)14-21)12-13-27(40,28(30,31)32)29(33,34)35/h8-15,19,40H,6-7,16H2,1-5H3,(H,36,37)(H,38,39)/t19-/m1/s1. The maximum Gasteiger partial charge on any atom is 0.430 e. The molecule has 6 nitrogen and oxygen atoms in total. The summed E-state index contributed by atoms with van der Waals surface area (Å²) < 4.78 is 83.9. The molecule has 0 spiro atoms. The molecule has 12 heteroatoms. The number of hydrogen-bond acceptors (Lipinski definition) is 4. The number of carbonyl (C=O) groups is 2. The molecule has 226 valence electrons. The Kier molecular flexibility index (Phi) is 10.3. The summed E-state index contributed by atoms with van der Waals surface area (Å²) in [7, 11) is 0. The lowest BCUT2D eigenvalue weighted by molar-refractivity contribution is -0.347. The normalized spacial score (nSPS) is 13.8. The van der Waals surface area contributed by atoms with Crippen molar-refractivity contribution in [3.05, 3.63) is 70.3 Å². The van der Waals surface area contributed by atoms with E-state index in [9.17, 15) is 41.0 Å². The summed E-state index contributed by atoms with van der Waals surface area (Å²) in [5, 5.41) is 20.6. The first-order valence-electron chi connectivity index (χ1n) is 12.7. The van der Waals surface area contributed by atoms with Gasteiger partial charge >= 0.3 is 18.3 Å². The number of carboxylic acids is 1. The van der Waals surface area contributed by atoms with Gasteiger partial charge in [-0.2, -0.15) is 26.3 Å². The van der Waals surface area contributed by atoms with Crippen molar-refractivity contribution in [2.45, 2.75) is 76.9 Å². The molecule has 41 heavy (non-hydrogen) atoms. The van der Waals surface area contributed by atoms with Gasteiger partial charge in [-0.3, -0.25) is 9.59 Å². The molecule has 1 amide bonds. The molecule has 0 aliphatic heterocycles. The van der Waals surface area contributed by atoms with Crippen LogP contribution in [0.3, 0.4) is 0 Å². The fourth-order valence-corrected chi connectivity index (χ4v) is 4.55. The molecule has 0 heterocycles. The molecule has 0 aliphatic rings. The Labute approximate surface area is 234 Å². The molecule has 2 aromatic rings. The lowest BCUT2D eigenvalue weighted by atomic mass is 9.70. The van der Waals surface area contributed by atoms with Crippen molar-refractivity contribution in [2.75, 3.05) is 6.61 Å². The van der Waals surface area contributed by atoms with Gasteiger partial charge in [0.15, 0.2) is 6.61 Å². The Hall–Kier alpha value is -3.54. The first kappa shape index (κ1) is 33.7. The van der Waals surface area contributed by atoms with Gasteiger partial charge in [-0.1, -0.05) is 50.3 Å². The highest BCUT2D eigenvalue weighted by Gasteiger charge is 2.68. The second kappa shape index (κ2) is 12.5. The minimum atomic E-state index is -5.95. The summed E-state index contributed by atoms with van der Waals surface area (Å²) in [6.07, 6.45) is -10.4. The number of rotatable bonds is 11. The lowest BCUT2D eigenvalue weighted by Gasteiger charge is -2.34. The summed E-state index contributed by atoms with van der Waals surface area (Å²) in [6, 6.07) is 9.02. The van der Waals surface area contributed by atoms with Crippen LogP contribution in [-0.4, -0.2) is 52.7 Å². The van der Waals surface area contributed by atoms with Crippen molar-refractivity contribution in [2.24, 2.45) is 0 Å². The molecule has 0 saturated carbocycles. The molecule has 0 aliphatic carbocycles. The third-order valence-electron chi connectivity index (χ3n) is 7.23. The fraction of sp³-hybridized carbons (Fsp3) is 0.448. The number of aliphatic carboxylic acids is 1. The average molecular weight is 590 g/mol. The van der Waals surface area contributed by atoms with Gasteiger partial charge < -0.3 is 20.3 Å². The van der Waals surface area contributed by atoms with Crippen LogP contribution in [0, 0.1) is 13.8 Å². The van der Waals surface area contributed by atoms with E-state index >= 15 is 0 Å². The number of halogens is 6. The first-order chi connectivity index (χ1) is 18.8. The Morgan fingerprint density at radius 2 is 1.44 bits per heavy atom. The summed E-state index contributed by atoms with van der Waals surface area (Å²) >= 11 is 0. The Bertz CT molecular complexity index is 1270. The topological polar surface area (TPSA) is 95.9 Å². The summed E-state index contributed by atoms with van der Waals surface area (Å²) in [6.45, 7) is 8.16. The molecule has 0 aromatic heterocycles. The van der Waals surface area contributed by atoms with Gasteiger partial charge in [0, 0.05) is 5.41 Å². The number of hydrogen-bond donors (Lipinski definition) is 3. The number of amides is 1. The molecule has 0 unspecified atom stereocenters. The van der Waals surface area contributed by atoms with E-state index < -0.39 is 47.9 Å². The average Bonchev–Trinajstić information content (AvgIpc) is 2.87. The van der Waals surface area contributed by atoms with Crippen LogP contribution in [-0.2, 0) is 15.0 Å². The van der Waals surface area contributed by atoms with Crippen LogP contribution >= 0.6 is 0 Å². The highest BCUT2D eigenvalue weighted by atomic mass is 19.4. The van der Waals surface area contributed by atoms with Crippen LogP contribution in [0.15, 0.2) is 42.5 Å². The molecule has 0 bridgehead atoms. The van der Waals surface area contributed by atoms with E-state index in [4.69, 9.17) is 9.84 Å². The smallest absolute Gasteiger partial charge is 0.430 e.